The summed E-state index contributed by atoms with van der Waals surface area (Å²) in [6, 6.07) is 4.79. The van der Waals surface area contributed by atoms with Gasteiger partial charge < -0.3 is 4.90 Å². The molecule has 2 heterocycles. The molecule has 1 amide bonds. The molecule has 1 saturated heterocycles. The van der Waals surface area contributed by atoms with E-state index < -0.39 is 10.0 Å². The highest BCUT2D eigenvalue weighted by Gasteiger charge is 2.24. The number of rotatable bonds is 7. The van der Waals surface area contributed by atoms with Crippen LogP contribution in [0.2, 0.25) is 0 Å². The number of anilines is 2. The monoisotopic (exact) mass is 412 g/mol. The molecule has 1 aliphatic heterocycles. The second-order valence-corrected chi connectivity index (χ2v) is 9.93. The Morgan fingerprint density at radius 1 is 1.35 bits per heavy atom. The third-order valence-electron chi connectivity index (χ3n) is 3.90. The first-order valence-corrected chi connectivity index (χ1v) is 11.6. The minimum absolute atomic E-state index is 0.0767. The van der Waals surface area contributed by atoms with E-state index in [4.69, 9.17) is 0 Å². The van der Waals surface area contributed by atoms with Crippen LogP contribution in [-0.2, 0) is 14.8 Å². The number of hydrogen-bond acceptors (Lipinski definition) is 7. The van der Waals surface area contributed by atoms with Gasteiger partial charge in [-0.25, -0.2) is 8.42 Å². The predicted octanol–water partition coefficient (Wildman–Crippen LogP) is 3.28. The lowest BCUT2D eigenvalue weighted by Crippen LogP contribution is -2.24. The van der Waals surface area contributed by atoms with E-state index in [0.29, 0.717) is 13.0 Å². The van der Waals surface area contributed by atoms with Gasteiger partial charge in [-0.1, -0.05) is 30.0 Å². The standard InChI is InChI=1S/C16H20N4O3S3/c1-3-9-24-16-18-17-15(25-16)19-26(22,23)12-6-7-13(11(2)10-12)20-8-4-5-14(20)21/h6-7,10H,3-5,8-9H2,1-2H3,(H,17,19). The second kappa shape index (κ2) is 7.93. The molecule has 1 N–H and O–H groups in total. The molecule has 0 aliphatic carbocycles. The van der Waals surface area contributed by atoms with Gasteiger partial charge >= 0.3 is 0 Å². The summed E-state index contributed by atoms with van der Waals surface area (Å²) in [4.78, 5) is 13.8. The van der Waals surface area contributed by atoms with Crippen molar-refractivity contribution in [3.8, 4) is 0 Å². The molecule has 1 aliphatic rings. The number of aryl methyl sites for hydroxylation is 1. The molecule has 140 valence electrons. The van der Waals surface area contributed by atoms with E-state index in [0.717, 1.165) is 34.2 Å². The molecule has 0 bridgehead atoms. The summed E-state index contributed by atoms with van der Waals surface area (Å²) in [5, 5.41) is 8.13. The van der Waals surface area contributed by atoms with Gasteiger partial charge in [0.25, 0.3) is 10.0 Å². The molecule has 26 heavy (non-hydrogen) atoms. The SMILES string of the molecule is CCCSc1nnc(NS(=O)(=O)c2ccc(N3CCCC3=O)c(C)c2)s1. The summed E-state index contributed by atoms with van der Waals surface area (Å²) in [6.07, 6.45) is 2.38. The van der Waals surface area contributed by atoms with Gasteiger partial charge in [0, 0.05) is 24.4 Å². The smallest absolute Gasteiger partial charge is 0.263 e. The normalized spacial score (nSPS) is 14.8. The van der Waals surface area contributed by atoms with Crippen LogP contribution in [0.15, 0.2) is 27.4 Å². The number of carbonyl (C=O) groups is 1. The van der Waals surface area contributed by atoms with Crippen LogP contribution in [0.5, 0.6) is 0 Å². The van der Waals surface area contributed by atoms with E-state index >= 15 is 0 Å². The Labute approximate surface area is 161 Å². The summed E-state index contributed by atoms with van der Waals surface area (Å²) < 4.78 is 28.4. The van der Waals surface area contributed by atoms with Crippen LogP contribution >= 0.6 is 23.1 Å². The average molecular weight is 413 g/mol. The van der Waals surface area contributed by atoms with Gasteiger partial charge in [0.2, 0.25) is 11.0 Å². The van der Waals surface area contributed by atoms with Gasteiger partial charge in [-0.3, -0.25) is 9.52 Å². The number of nitrogens with zero attached hydrogens (tertiary/aromatic N) is 3. The fourth-order valence-corrected chi connectivity index (χ4v) is 5.67. The zero-order chi connectivity index (χ0) is 18.7. The summed E-state index contributed by atoms with van der Waals surface area (Å²) in [5.41, 5.74) is 1.51. The first kappa shape index (κ1) is 19.1. The number of aromatic nitrogens is 2. The lowest BCUT2D eigenvalue weighted by atomic mass is 10.2. The number of thioether (sulfide) groups is 1. The van der Waals surface area contributed by atoms with Gasteiger partial charge in [-0.05, 0) is 43.5 Å². The van der Waals surface area contributed by atoms with Gasteiger partial charge in [0.15, 0.2) is 4.34 Å². The van der Waals surface area contributed by atoms with Crippen molar-refractivity contribution < 1.29 is 13.2 Å². The Bertz CT molecular complexity index is 911. The van der Waals surface area contributed by atoms with E-state index in [2.05, 4.69) is 21.8 Å². The third-order valence-corrected chi connectivity index (χ3v) is 7.54. The van der Waals surface area contributed by atoms with Crippen LogP contribution in [-0.4, -0.2) is 36.8 Å². The van der Waals surface area contributed by atoms with Crippen LogP contribution in [0.1, 0.15) is 31.7 Å². The minimum Gasteiger partial charge on any atom is -0.312 e. The van der Waals surface area contributed by atoms with Crippen LogP contribution in [0.3, 0.4) is 0 Å². The van der Waals surface area contributed by atoms with Gasteiger partial charge in [0.1, 0.15) is 0 Å². The number of carbonyl (C=O) groups excluding carboxylic acids is 1. The maximum absolute atomic E-state index is 12.6. The molecule has 2 aromatic rings. The Morgan fingerprint density at radius 2 is 2.15 bits per heavy atom. The van der Waals surface area contributed by atoms with Crippen molar-refractivity contribution >= 4 is 49.8 Å². The zero-order valence-electron chi connectivity index (χ0n) is 14.6. The molecular formula is C16H20N4O3S3. The number of hydrogen-bond donors (Lipinski definition) is 1. The maximum atomic E-state index is 12.6. The average Bonchev–Trinajstić information content (AvgIpc) is 3.21. The molecule has 3 rings (SSSR count). The summed E-state index contributed by atoms with van der Waals surface area (Å²) >= 11 is 2.77. The molecule has 7 nitrogen and oxygen atoms in total. The van der Waals surface area contributed by atoms with Crippen molar-refractivity contribution in [2.24, 2.45) is 0 Å². The molecule has 0 unspecified atom stereocenters. The van der Waals surface area contributed by atoms with E-state index in [-0.39, 0.29) is 15.9 Å². The van der Waals surface area contributed by atoms with Gasteiger partial charge in [-0.15, -0.1) is 10.2 Å². The van der Waals surface area contributed by atoms with E-state index in [1.807, 2.05) is 6.92 Å². The molecule has 0 saturated carbocycles. The zero-order valence-corrected chi connectivity index (χ0v) is 17.0. The third kappa shape index (κ3) is 4.18. The van der Waals surface area contributed by atoms with Crippen LogP contribution in [0.25, 0.3) is 0 Å². The van der Waals surface area contributed by atoms with Crippen LogP contribution in [0.4, 0.5) is 10.8 Å². The summed E-state index contributed by atoms with van der Waals surface area (Å²) in [6.45, 7) is 4.55. The number of amides is 1. The topological polar surface area (TPSA) is 92.3 Å². The molecule has 0 spiro atoms. The highest BCUT2D eigenvalue weighted by atomic mass is 32.2. The van der Waals surface area contributed by atoms with Crippen molar-refractivity contribution in [3.63, 3.8) is 0 Å². The first-order chi connectivity index (χ1) is 12.4. The van der Waals surface area contributed by atoms with Crippen molar-refractivity contribution in [1.82, 2.24) is 10.2 Å². The first-order valence-electron chi connectivity index (χ1n) is 8.31. The van der Waals surface area contributed by atoms with Crippen molar-refractivity contribution in [2.45, 2.75) is 42.3 Å². The van der Waals surface area contributed by atoms with Gasteiger partial charge in [0.05, 0.1) is 4.90 Å². The Hall–Kier alpha value is -1.65. The maximum Gasteiger partial charge on any atom is 0.263 e. The van der Waals surface area contributed by atoms with Crippen molar-refractivity contribution in [2.75, 3.05) is 21.9 Å². The highest BCUT2D eigenvalue weighted by Crippen LogP contribution is 2.30. The van der Waals surface area contributed by atoms with Crippen LogP contribution < -0.4 is 9.62 Å². The lowest BCUT2D eigenvalue weighted by molar-refractivity contribution is -0.117. The number of benzene rings is 1. The second-order valence-electron chi connectivity index (χ2n) is 5.92. The number of sulfonamides is 1. The quantitative estimate of drug-likeness (QED) is 0.702. The summed E-state index contributed by atoms with van der Waals surface area (Å²) in [7, 11) is -3.75. The fraction of sp³-hybridized carbons (Fsp3) is 0.438. The summed E-state index contributed by atoms with van der Waals surface area (Å²) in [5.74, 6) is 0.991. The molecule has 10 heteroatoms. The highest BCUT2D eigenvalue weighted by molar-refractivity contribution is 8.01. The van der Waals surface area contributed by atoms with Crippen molar-refractivity contribution in [3.05, 3.63) is 23.8 Å². The Morgan fingerprint density at radius 3 is 2.81 bits per heavy atom. The minimum atomic E-state index is -3.75. The van der Waals surface area contributed by atoms with Crippen LogP contribution in [0, 0.1) is 6.92 Å². The molecule has 0 atom stereocenters. The molecule has 1 aromatic heterocycles. The molecule has 1 aromatic carbocycles. The van der Waals surface area contributed by atoms with E-state index in [1.54, 1.807) is 28.8 Å². The molecular weight excluding hydrogens is 392 g/mol. The molecule has 1 fully saturated rings. The lowest BCUT2D eigenvalue weighted by Gasteiger charge is -2.19. The van der Waals surface area contributed by atoms with Gasteiger partial charge in [-0.2, -0.15) is 0 Å². The number of nitrogens with one attached hydrogen (secondary N) is 1. The Kier molecular flexibility index (Phi) is 5.83. The molecule has 0 radical (unpaired) electrons. The van der Waals surface area contributed by atoms with E-state index in [1.165, 1.54) is 17.4 Å². The van der Waals surface area contributed by atoms with E-state index in [9.17, 15) is 13.2 Å². The van der Waals surface area contributed by atoms with Crippen molar-refractivity contribution in [1.29, 1.82) is 0 Å². The Balaban J connectivity index is 1.78. The fourth-order valence-electron chi connectivity index (χ4n) is 2.67. The largest absolute Gasteiger partial charge is 0.312 e. The predicted molar refractivity (Wildman–Crippen MR) is 104 cm³/mol.